The summed E-state index contributed by atoms with van der Waals surface area (Å²) in [5.74, 6) is -0.651. The maximum atomic E-state index is 11.6. The molecule has 0 spiro atoms. The van der Waals surface area contributed by atoms with E-state index in [1.165, 1.54) is 0 Å². The minimum atomic E-state index is -0.651. The number of hydrogen-bond donors (Lipinski definition) is 1. The monoisotopic (exact) mass is 227 g/mol. The molecule has 1 atom stereocenters. The van der Waals surface area contributed by atoms with Crippen molar-refractivity contribution in [3.05, 3.63) is 0 Å². The normalized spacial score (nSPS) is 34.4. The lowest BCUT2D eigenvalue weighted by molar-refractivity contribution is -0.152. The number of rotatable bonds is 2. The van der Waals surface area contributed by atoms with Gasteiger partial charge in [-0.05, 0) is 20.5 Å². The van der Waals surface area contributed by atoms with Crippen molar-refractivity contribution in [1.29, 1.82) is 0 Å². The van der Waals surface area contributed by atoms with Crippen LogP contribution in [0.3, 0.4) is 0 Å². The van der Waals surface area contributed by atoms with Gasteiger partial charge in [0, 0.05) is 39.3 Å². The van der Waals surface area contributed by atoms with Gasteiger partial charge >= 0.3 is 5.97 Å². The maximum Gasteiger partial charge on any atom is 0.325 e. The summed E-state index contributed by atoms with van der Waals surface area (Å²) >= 11 is 0. The molecule has 0 aromatic heterocycles. The average molecular weight is 227 g/mol. The summed E-state index contributed by atoms with van der Waals surface area (Å²) in [5.41, 5.74) is -0.629. The number of piperazine rings is 1. The van der Waals surface area contributed by atoms with Crippen LogP contribution in [0.5, 0.6) is 0 Å². The third-order valence-electron chi connectivity index (χ3n) is 3.95. The number of carbonyl (C=O) groups is 1. The standard InChI is InChI=1S/C11H21N3O2/c1-12-5-7-14(8-6-12)11(10(15)16)3-4-13(2)9-11/h3-9H2,1-2H3,(H,15,16). The molecule has 0 aromatic carbocycles. The van der Waals surface area contributed by atoms with Gasteiger partial charge in [-0.1, -0.05) is 0 Å². The first kappa shape index (κ1) is 11.8. The summed E-state index contributed by atoms with van der Waals surface area (Å²) in [5, 5.41) is 9.52. The topological polar surface area (TPSA) is 47.0 Å². The van der Waals surface area contributed by atoms with Gasteiger partial charge < -0.3 is 14.9 Å². The highest BCUT2D eigenvalue weighted by Crippen LogP contribution is 2.28. The fourth-order valence-corrected chi connectivity index (χ4v) is 2.78. The Morgan fingerprint density at radius 1 is 1.06 bits per heavy atom. The zero-order valence-electron chi connectivity index (χ0n) is 10.1. The van der Waals surface area contributed by atoms with Crippen LogP contribution in [0.15, 0.2) is 0 Å². The van der Waals surface area contributed by atoms with Gasteiger partial charge in [0.25, 0.3) is 0 Å². The molecule has 1 N–H and O–H groups in total. The summed E-state index contributed by atoms with van der Waals surface area (Å²) in [7, 11) is 4.09. The average Bonchev–Trinajstić information content (AvgIpc) is 2.63. The summed E-state index contributed by atoms with van der Waals surface area (Å²) < 4.78 is 0. The van der Waals surface area contributed by atoms with Crippen molar-refractivity contribution in [3.8, 4) is 0 Å². The van der Waals surface area contributed by atoms with Crippen molar-refractivity contribution in [2.75, 3.05) is 53.4 Å². The van der Waals surface area contributed by atoms with Crippen LogP contribution >= 0.6 is 0 Å². The number of carboxylic acid groups (broad SMARTS) is 1. The van der Waals surface area contributed by atoms with Crippen LogP contribution in [-0.4, -0.2) is 84.7 Å². The van der Waals surface area contributed by atoms with E-state index in [1.54, 1.807) is 0 Å². The highest BCUT2D eigenvalue weighted by molar-refractivity contribution is 5.79. The first-order valence-corrected chi connectivity index (χ1v) is 5.90. The molecule has 0 bridgehead atoms. The molecule has 2 aliphatic heterocycles. The van der Waals surface area contributed by atoms with E-state index >= 15 is 0 Å². The fraction of sp³-hybridized carbons (Fsp3) is 0.909. The SMILES string of the molecule is CN1CCN(C2(C(=O)O)CCN(C)C2)CC1. The van der Waals surface area contributed by atoms with E-state index < -0.39 is 11.5 Å². The highest BCUT2D eigenvalue weighted by atomic mass is 16.4. The lowest BCUT2D eigenvalue weighted by Crippen LogP contribution is -2.61. The van der Waals surface area contributed by atoms with Crippen LogP contribution in [0, 0.1) is 0 Å². The molecule has 2 rings (SSSR count). The number of likely N-dealkylation sites (N-methyl/N-ethyl adjacent to an activating group) is 2. The molecule has 2 aliphatic rings. The van der Waals surface area contributed by atoms with Gasteiger partial charge in [-0.25, -0.2) is 0 Å². The molecule has 0 amide bonds. The van der Waals surface area contributed by atoms with Gasteiger partial charge in [-0.15, -0.1) is 0 Å². The number of likely N-dealkylation sites (tertiary alicyclic amines) is 1. The first-order chi connectivity index (χ1) is 7.54. The van der Waals surface area contributed by atoms with E-state index in [9.17, 15) is 9.90 Å². The quantitative estimate of drug-likeness (QED) is 0.682. The molecule has 5 nitrogen and oxygen atoms in total. The second kappa shape index (κ2) is 4.31. The van der Waals surface area contributed by atoms with E-state index in [-0.39, 0.29) is 0 Å². The summed E-state index contributed by atoms with van der Waals surface area (Å²) in [6.45, 7) is 5.23. The summed E-state index contributed by atoms with van der Waals surface area (Å²) in [6.07, 6.45) is 0.753. The lowest BCUT2D eigenvalue weighted by Gasteiger charge is -2.42. The van der Waals surface area contributed by atoms with Gasteiger partial charge in [0.15, 0.2) is 0 Å². The van der Waals surface area contributed by atoms with Crippen molar-refractivity contribution in [2.45, 2.75) is 12.0 Å². The van der Waals surface area contributed by atoms with Crippen molar-refractivity contribution in [3.63, 3.8) is 0 Å². The summed E-state index contributed by atoms with van der Waals surface area (Å²) in [6, 6.07) is 0. The smallest absolute Gasteiger partial charge is 0.325 e. The minimum Gasteiger partial charge on any atom is -0.480 e. The van der Waals surface area contributed by atoms with Crippen LogP contribution in [0.25, 0.3) is 0 Å². The van der Waals surface area contributed by atoms with Crippen molar-refractivity contribution < 1.29 is 9.90 Å². The Morgan fingerprint density at radius 3 is 2.12 bits per heavy atom. The van der Waals surface area contributed by atoms with Gasteiger partial charge in [0.2, 0.25) is 0 Å². The van der Waals surface area contributed by atoms with Crippen LogP contribution in [0.1, 0.15) is 6.42 Å². The van der Waals surface area contributed by atoms with Gasteiger partial charge in [0.05, 0.1) is 0 Å². The molecule has 2 fully saturated rings. The Labute approximate surface area is 96.6 Å². The molecular formula is C11H21N3O2. The zero-order chi connectivity index (χ0) is 11.8. The Hall–Kier alpha value is -0.650. The summed E-state index contributed by atoms with van der Waals surface area (Å²) in [4.78, 5) is 18.1. The molecule has 0 aromatic rings. The molecular weight excluding hydrogens is 206 g/mol. The van der Waals surface area contributed by atoms with Crippen molar-refractivity contribution in [2.24, 2.45) is 0 Å². The molecule has 92 valence electrons. The molecule has 0 radical (unpaired) electrons. The van der Waals surface area contributed by atoms with Crippen LogP contribution in [-0.2, 0) is 4.79 Å². The van der Waals surface area contributed by atoms with Crippen molar-refractivity contribution >= 4 is 5.97 Å². The van der Waals surface area contributed by atoms with E-state index in [2.05, 4.69) is 21.7 Å². The molecule has 2 saturated heterocycles. The number of aliphatic carboxylic acids is 1. The van der Waals surface area contributed by atoms with Crippen LogP contribution in [0.4, 0.5) is 0 Å². The molecule has 2 heterocycles. The van der Waals surface area contributed by atoms with Crippen molar-refractivity contribution in [1.82, 2.24) is 14.7 Å². The predicted octanol–water partition coefficient (Wildman–Crippen LogP) is -0.607. The van der Waals surface area contributed by atoms with Crippen LogP contribution in [0.2, 0.25) is 0 Å². The Kier molecular flexibility index (Phi) is 3.19. The van der Waals surface area contributed by atoms with E-state index in [4.69, 9.17) is 0 Å². The predicted molar refractivity (Wildman–Crippen MR) is 61.6 cm³/mol. The zero-order valence-corrected chi connectivity index (χ0v) is 10.1. The maximum absolute atomic E-state index is 11.6. The number of carboxylic acids is 1. The third-order valence-corrected chi connectivity index (χ3v) is 3.95. The fourth-order valence-electron chi connectivity index (χ4n) is 2.78. The largest absolute Gasteiger partial charge is 0.480 e. The molecule has 0 aliphatic carbocycles. The molecule has 1 unspecified atom stereocenters. The Bertz CT molecular complexity index is 276. The number of nitrogens with zero attached hydrogens (tertiary/aromatic N) is 3. The lowest BCUT2D eigenvalue weighted by atomic mass is 9.95. The first-order valence-electron chi connectivity index (χ1n) is 5.90. The third kappa shape index (κ3) is 1.95. The van der Waals surface area contributed by atoms with E-state index in [0.29, 0.717) is 6.54 Å². The Morgan fingerprint density at radius 2 is 1.69 bits per heavy atom. The molecule has 5 heteroatoms. The van der Waals surface area contributed by atoms with E-state index in [0.717, 1.165) is 39.1 Å². The van der Waals surface area contributed by atoms with Gasteiger partial charge in [0.1, 0.15) is 5.54 Å². The van der Waals surface area contributed by atoms with Gasteiger partial charge in [-0.2, -0.15) is 0 Å². The Balaban J connectivity index is 2.11. The van der Waals surface area contributed by atoms with Gasteiger partial charge in [-0.3, -0.25) is 9.69 Å². The molecule has 0 saturated carbocycles. The highest BCUT2D eigenvalue weighted by Gasteiger charge is 2.48. The minimum absolute atomic E-state index is 0.629. The second-order valence-corrected chi connectivity index (χ2v) is 5.11. The van der Waals surface area contributed by atoms with Crippen LogP contribution < -0.4 is 0 Å². The number of hydrogen-bond acceptors (Lipinski definition) is 4. The van der Waals surface area contributed by atoms with E-state index in [1.807, 2.05) is 7.05 Å². The molecule has 16 heavy (non-hydrogen) atoms. The second-order valence-electron chi connectivity index (χ2n) is 5.11.